The summed E-state index contributed by atoms with van der Waals surface area (Å²) in [5, 5.41) is 6.24. The van der Waals surface area contributed by atoms with Crippen LogP contribution in [-0.4, -0.2) is 34.8 Å². The lowest BCUT2D eigenvalue weighted by atomic mass is 10.1. The number of hydrogen-bond donors (Lipinski definition) is 5. The maximum absolute atomic E-state index is 12.9. The molecule has 0 aliphatic heterocycles. The number of fused-ring (bicyclic) bond motifs is 2. The highest BCUT2D eigenvalue weighted by Crippen LogP contribution is 2.39. The summed E-state index contributed by atoms with van der Waals surface area (Å²) in [6, 6.07) is 7.36. The molecule has 3 aromatic rings. The van der Waals surface area contributed by atoms with Gasteiger partial charge in [-0.05, 0) is 23.6 Å². The van der Waals surface area contributed by atoms with Gasteiger partial charge in [0.25, 0.3) is 5.91 Å². The number of nitrogens with one attached hydrogen (secondary N) is 3. The molecule has 1 aliphatic rings. The van der Waals surface area contributed by atoms with Gasteiger partial charge in [0.15, 0.2) is 0 Å². The third-order valence-corrected chi connectivity index (χ3v) is 7.19. The van der Waals surface area contributed by atoms with Crippen LogP contribution in [0.15, 0.2) is 30.3 Å². The van der Waals surface area contributed by atoms with E-state index in [0.29, 0.717) is 27.0 Å². The van der Waals surface area contributed by atoms with Crippen LogP contribution in [0.4, 0.5) is 0 Å². The van der Waals surface area contributed by atoms with E-state index in [0.717, 1.165) is 15.8 Å². The van der Waals surface area contributed by atoms with Crippen LogP contribution in [0.25, 0.3) is 10.2 Å². The normalized spacial score (nSPS) is 18.5. The minimum absolute atomic E-state index is 0.235. The Kier molecular flexibility index (Phi) is 5.94. The van der Waals surface area contributed by atoms with Gasteiger partial charge in [-0.3, -0.25) is 14.4 Å². The van der Waals surface area contributed by atoms with Gasteiger partial charge in [0.2, 0.25) is 11.8 Å². The Hall–Kier alpha value is -2.59. The zero-order chi connectivity index (χ0) is 22.3. The van der Waals surface area contributed by atoms with Gasteiger partial charge in [-0.25, -0.2) is 0 Å². The summed E-state index contributed by atoms with van der Waals surface area (Å²) >= 11 is 13.5. The van der Waals surface area contributed by atoms with E-state index in [1.54, 1.807) is 6.07 Å². The number of benzene rings is 1. The van der Waals surface area contributed by atoms with Crippen molar-refractivity contribution in [3.05, 3.63) is 56.5 Å². The maximum Gasteiger partial charge on any atom is 0.268 e. The van der Waals surface area contributed by atoms with E-state index >= 15 is 0 Å². The van der Waals surface area contributed by atoms with Gasteiger partial charge in [0.1, 0.15) is 10.0 Å². The molecule has 0 fully saturated rings. The highest BCUT2D eigenvalue weighted by Gasteiger charge is 2.35. The van der Waals surface area contributed by atoms with Crippen molar-refractivity contribution in [3.63, 3.8) is 0 Å². The van der Waals surface area contributed by atoms with Gasteiger partial charge < -0.3 is 27.1 Å². The summed E-state index contributed by atoms with van der Waals surface area (Å²) < 4.78 is 1.23. The molecular formula is C20H19Cl2N5O3S. The molecule has 1 aliphatic carbocycles. The number of halogens is 2. The Morgan fingerprint density at radius 2 is 1.97 bits per heavy atom. The number of hydrogen-bond acceptors (Lipinski definition) is 5. The molecule has 2 aromatic heterocycles. The molecule has 2 heterocycles. The fourth-order valence-electron chi connectivity index (χ4n) is 3.73. The highest BCUT2D eigenvalue weighted by atomic mass is 35.5. The topological polar surface area (TPSA) is 143 Å². The first-order chi connectivity index (χ1) is 14.7. The molecule has 1 aromatic carbocycles. The van der Waals surface area contributed by atoms with E-state index in [9.17, 15) is 14.4 Å². The van der Waals surface area contributed by atoms with Crippen molar-refractivity contribution in [1.29, 1.82) is 0 Å². The molecule has 8 nitrogen and oxygen atoms in total. The zero-order valence-electron chi connectivity index (χ0n) is 16.1. The van der Waals surface area contributed by atoms with Gasteiger partial charge in [0, 0.05) is 0 Å². The molecule has 11 heteroatoms. The Balaban J connectivity index is 1.53. The van der Waals surface area contributed by atoms with Crippen molar-refractivity contribution >= 4 is 62.5 Å². The van der Waals surface area contributed by atoms with Crippen LogP contribution in [0.1, 0.15) is 34.1 Å². The lowest BCUT2D eigenvalue weighted by molar-refractivity contribution is -0.126. The van der Waals surface area contributed by atoms with Crippen LogP contribution in [0.5, 0.6) is 0 Å². The van der Waals surface area contributed by atoms with Crippen LogP contribution in [0.2, 0.25) is 9.36 Å². The van der Waals surface area contributed by atoms with Crippen molar-refractivity contribution in [2.45, 2.75) is 31.0 Å². The van der Waals surface area contributed by atoms with Crippen molar-refractivity contribution in [1.82, 2.24) is 15.6 Å². The van der Waals surface area contributed by atoms with E-state index in [4.69, 9.17) is 34.7 Å². The van der Waals surface area contributed by atoms with Gasteiger partial charge in [0.05, 0.1) is 39.8 Å². The minimum Gasteiger partial charge on any atom is -0.368 e. The van der Waals surface area contributed by atoms with E-state index in [1.807, 2.05) is 24.3 Å². The molecule has 162 valence electrons. The molecular weight excluding hydrogens is 461 g/mol. The number of carbonyl (C=O) groups is 3. The predicted octanol–water partition coefficient (Wildman–Crippen LogP) is 2.25. The predicted molar refractivity (Wildman–Crippen MR) is 120 cm³/mol. The van der Waals surface area contributed by atoms with Crippen LogP contribution >= 0.6 is 34.5 Å². The van der Waals surface area contributed by atoms with Crippen LogP contribution < -0.4 is 22.1 Å². The van der Waals surface area contributed by atoms with E-state index < -0.39 is 23.9 Å². The second kappa shape index (κ2) is 8.51. The van der Waals surface area contributed by atoms with Crippen LogP contribution in [-0.2, 0) is 16.0 Å². The number of thiophene rings is 1. The van der Waals surface area contributed by atoms with E-state index in [2.05, 4.69) is 15.6 Å². The first-order valence-electron chi connectivity index (χ1n) is 9.44. The SMILES string of the molecule is NC(=O)[C@H](N)CC(=O)N[C@@H]1c2ccccc2C[C@@H]1NC(=O)c1cc2sc(Cl)c(Cl)c2[nH]1. The molecule has 3 amide bonds. The first-order valence-corrected chi connectivity index (χ1v) is 11.0. The number of H-pyrrole nitrogens is 1. The summed E-state index contributed by atoms with van der Waals surface area (Å²) in [6.07, 6.45) is 0.303. The number of primary amides is 1. The summed E-state index contributed by atoms with van der Waals surface area (Å²) in [5.74, 6) is -1.51. The summed E-state index contributed by atoms with van der Waals surface area (Å²) in [6.45, 7) is 0. The van der Waals surface area contributed by atoms with Crippen molar-refractivity contribution in [3.8, 4) is 0 Å². The summed E-state index contributed by atoms with van der Waals surface area (Å²) in [4.78, 5) is 39.5. The van der Waals surface area contributed by atoms with Gasteiger partial charge in [-0.1, -0.05) is 47.5 Å². The van der Waals surface area contributed by atoms with Gasteiger partial charge >= 0.3 is 0 Å². The van der Waals surface area contributed by atoms with E-state index in [-0.39, 0.29) is 18.4 Å². The quantitative estimate of drug-likeness (QED) is 0.369. The smallest absolute Gasteiger partial charge is 0.268 e. The third-order valence-electron chi connectivity index (χ3n) is 5.25. The van der Waals surface area contributed by atoms with Gasteiger partial charge in [-0.15, -0.1) is 11.3 Å². The molecule has 0 saturated carbocycles. The van der Waals surface area contributed by atoms with E-state index in [1.165, 1.54) is 11.3 Å². The number of aromatic nitrogens is 1. The number of nitrogens with two attached hydrogens (primary N) is 2. The molecule has 3 atom stereocenters. The Bertz CT molecular complexity index is 1190. The fourth-order valence-corrected chi connectivity index (χ4v) is 5.21. The fraction of sp³-hybridized carbons (Fsp3) is 0.250. The average molecular weight is 480 g/mol. The Morgan fingerprint density at radius 3 is 2.68 bits per heavy atom. The molecule has 31 heavy (non-hydrogen) atoms. The largest absolute Gasteiger partial charge is 0.368 e. The third kappa shape index (κ3) is 4.27. The Morgan fingerprint density at radius 1 is 1.23 bits per heavy atom. The lowest BCUT2D eigenvalue weighted by Crippen LogP contribution is -2.46. The number of aromatic amines is 1. The first kappa shape index (κ1) is 21.6. The summed E-state index contributed by atoms with van der Waals surface area (Å²) in [5.41, 5.74) is 13.6. The number of rotatable bonds is 6. The molecule has 0 spiro atoms. The highest BCUT2D eigenvalue weighted by molar-refractivity contribution is 7.23. The minimum atomic E-state index is -1.08. The van der Waals surface area contributed by atoms with Crippen molar-refractivity contribution in [2.24, 2.45) is 11.5 Å². The summed E-state index contributed by atoms with van der Waals surface area (Å²) in [7, 11) is 0. The van der Waals surface area contributed by atoms with Crippen molar-refractivity contribution in [2.75, 3.05) is 0 Å². The van der Waals surface area contributed by atoms with Gasteiger partial charge in [-0.2, -0.15) is 0 Å². The molecule has 7 N–H and O–H groups in total. The second-order valence-electron chi connectivity index (χ2n) is 7.35. The molecule has 0 radical (unpaired) electrons. The second-order valence-corrected chi connectivity index (χ2v) is 9.39. The molecule has 0 bridgehead atoms. The molecule has 4 rings (SSSR count). The molecule has 0 saturated heterocycles. The number of amides is 3. The van der Waals surface area contributed by atoms with Crippen LogP contribution in [0, 0.1) is 0 Å². The van der Waals surface area contributed by atoms with Crippen LogP contribution in [0.3, 0.4) is 0 Å². The standard InChI is InChI=1S/C20H19Cl2N5O3S/c21-15-17-13(31-18(15)22)7-12(25-17)20(30)26-11-5-8-3-1-2-4-9(8)16(11)27-14(28)6-10(23)19(24)29/h1-4,7,10-11,16,25H,5-6,23H2,(H2,24,29)(H,26,30)(H,27,28)/t10-,11+,16-/m1/s1. The maximum atomic E-state index is 12.9. The molecule has 0 unspecified atom stereocenters. The lowest BCUT2D eigenvalue weighted by Gasteiger charge is -2.23. The zero-order valence-corrected chi connectivity index (χ0v) is 18.4. The van der Waals surface area contributed by atoms with Crippen molar-refractivity contribution < 1.29 is 14.4 Å². The average Bonchev–Trinajstić information content (AvgIpc) is 3.36. The Labute approximate surface area is 191 Å². The number of carbonyl (C=O) groups excluding carboxylic acids is 3. The monoisotopic (exact) mass is 479 g/mol.